The van der Waals surface area contributed by atoms with Crippen LogP contribution >= 0.6 is 0 Å². The van der Waals surface area contributed by atoms with Gasteiger partial charge in [0.05, 0.1) is 25.2 Å². The molecular weight excluding hydrogens is 199 g/mol. The standard InChI is InChI=1S/C10H17FN2O2/c1-15-9-4-2-3-8(9)12-10(14)13-5-7(11)6-13/h7-9H,2-6H2,1H3,(H,12,14)/t8-,9-/m1/s1. The number of halogens is 1. The van der Waals surface area contributed by atoms with Crippen LogP contribution in [0.5, 0.6) is 0 Å². The number of likely N-dealkylation sites (tertiary alicyclic amines) is 1. The van der Waals surface area contributed by atoms with Gasteiger partial charge in [0.2, 0.25) is 0 Å². The topological polar surface area (TPSA) is 41.6 Å². The molecule has 0 aromatic carbocycles. The molecule has 2 amide bonds. The zero-order valence-corrected chi connectivity index (χ0v) is 8.91. The molecule has 5 heteroatoms. The third-order valence-electron chi connectivity index (χ3n) is 3.19. The highest BCUT2D eigenvalue weighted by atomic mass is 19.1. The van der Waals surface area contributed by atoms with Crippen molar-refractivity contribution in [3.05, 3.63) is 0 Å². The maximum absolute atomic E-state index is 12.5. The summed E-state index contributed by atoms with van der Waals surface area (Å²) in [5, 5.41) is 2.90. The Labute approximate surface area is 88.8 Å². The summed E-state index contributed by atoms with van der Waals surface area (Å²) in [5.74, 6) is 0. The van der Waals surface area contributed by atoms with E-state index in [1.807, 2.05) is 0 Å². The van der Waals surface area contributed by atoms with E-state index >= 15 is 0 Å². The summed E-state index contributed by atoms with van der Waals surface area (Å²) in [6.45, 7) is 0.465. The fourth-order valence-corrected chi connectivity index (χ4v) is 2.21. The number of nitrogens with zero attached hydrogens (tertiary/aromatic N) is 1. The first-order valence-corrected chi connectivity index (χ1v) is 5.43. The van der Waals surface area contributed by atoms with Gasteiger partial charge in [0, 0.05) is 7.11 Å². The first kappa shape index (κ1) is 10.7. The average Bonchev–Trinajstić information content (AvgIpc) is 2.60. The van der Waals surface area contributed by atoms with Crippen molar-refractivity contribution in [2.75, 3.05) is 20.2 Å². The third kappa shape index (κ3) is 2.22. The van der Waals surface area contributed by atoms with Gasteiger partial charge in [-0.15, -0.1) is 0 Å². The van der Waals surface area contributed by atoms with Gasteiger partial charge in [0.15, 0.2) is 0 Å². The molecule has 0 unspecified atom stereocenters. The molecule has 0 bridgehead atoms. The van der Waals surface area contributed by atoms with Crippen LogP contribution in [0, 0.1) is 0 Å². The summed E-state index contributed by atoms with van der Waals surface area (Å²) in [6, 6.07) is -0.0565. The first-order chi connectivity index (χ1) is 7.20. The number of carbonyl (C=O) groups is 1. The van der Waals surface area contributed by atoms with Crippen LogP contribution in [0.2, 0.25) is 0 Å². The van der Waals surface area contributed by atoms with Crippen molar-refractivity contribution >= 4 is 6.03 Å². The third-order valence-corrected chi connectivity index (χ3v) is 3.19. The molecule has 4 nitrogen and oxygen atoms in total. The molecule has 0 spiro atoms. The zero-order chi connectivity index (χ0) is 10.8. The number of ether oxygens (including phenoxy) is 1. The number of hydrogen-bond acceptors (Lipinski definition) is 2. The molecule has 2 atom stereocenters. The van der Waals surface area contributed by atoms with E-state index in [0.29, 0.717) is 0 Å². The Hall–Kier alpha value is -0.840. The minimum Gasteiger partial charge on any atom is -0.379 e. The van der Waals surface area contributed by atoms with E-state index in [9.17, 15) is 9.18 Å². The van der Waals surface area contributed by atoms with E-state index in [2.05, 4.69) is 5.32 Å². The van der Waals surface area contributed by atoms with Crippen molar-refractivity contribution in [2.45, 2.75) is 37.6 Å². The molecule has 1 aliphatic heterocycles. The smallest absolute Gasteiger partial charge is 0.317 e. The van der Waals surface area contributed by atoms with Crippen molar-refractivity contribution < 1.29 is 13.9 Å². The summed E-state index contributed by atoms with van der Waals surface area (Å²) in [4.78, 5) is 13.1. The molecule has 86 valence electrons. The number of methoxy groups -OCH3 is 1. The Morgan fingerprint density at radius 1 is 1.47 bits per heavy atom. The van der Waals surface area contributed by atoms with Crippen LogP contribution in [0.3, 0.4) is 0 Å². The molecule has 2 fully saturated rings. The van der Waals surface area contributed by atoms with Gasteiger partial charge in [0.25, 0.3) is 0 Å². The predicted octanol–water partition coefficient (Wildman–Crippen LogP) is 0.917. The highest BCUT2D eigenvalue weighted by Crippen LogP contribution is 2.22. The van der Waals surface area contributed by atoms with E-state index in [0.717, 1.165) is 19.3 Å². The lowest BCUT2D eigenvalue weighted by molar-refractivity contribution is 0.0683. The molecule has 0 aromatic heterocycles. The Bertz CT molecular complexity index is 244. The molecule has 0 radical (unpaired) electrons. The lowest BCUT2D eigenvalue weighted by Crippen LogP contribution is -2.57. The molecule has 1 saturated carbocycles. The van der Waals surface area contributed by atoms with E-state index in [4.69, 9.17) is 4.74 Å². The SMILES string of the molecule is CO[C@@H]1CCC[C@H]1NC(=O)N1CC(F)C1. The van der Waals surface area contributed by atoms with E-state index in [-0.39, 0.29) is 31.3 Å². The highest BCUT2D eigenvalue weighted by molar-refractivity contribution is 5.75. The lowest BCUT2D eigenvalue weighted by atomic mass is 10.2. The minimum atomic E-state index is -0.836. The quantitative estimate of drug-likeness (QED) is 0.745. The van der Waals surface area contributed by atoms with E-state index < -0.39 is 6.17 Å². The Morgan fingerprint density at radius 3 is 2.80 bits per heavy atom. The van der Waals surface area contributed by atoms with E-state index in [1.54, 1.807) is 7.11 Å². The second-order valence-corrected chi connectivity index (χ2v) is 4.26. The number of nitrogens with one attached hydrogen (secondary N) is 1. The van der Waals surface area contributed by atoms with Crippen LogP contribution in [0.1, 0.15) is 19.3 Å². The number of rotatable bonds is 2. The Morgan fingerprint density at radius 2 is 2.20 bits per heavy atom. The predicted molar refractivity (Wildman–Crippen MR) is 53.4 cm³/mol. The van der Waals surface area contributed by atoms with Gasteiger partial charge in [-0.1, -0.05) is 0 Å². The largest absolute Gasteiger partial charge is 0.379 e. The second-order valence-electron chi connectivity index (χ2n) is 4.26. The lowest BCUT2D eigenvalue weighted by Gasteiger charge is -2.35. The van der Waals surface area contributed by atoms with Crippen molar-refractivity contribution in [2.24, 2.45) is 0 Å². The number of amides is 2. The monoisotopic (exact) mass is 216 g/mol. The maximum Gasteiger partial charge on any atom is 0.317 e. The maximum atomic E-state index is 12.5. The molecule has 1 aliphatic carbocycles. The van der Waals surface area contributed by atoms with Crippen molar-refractivity contribution in [3.63, 3.8) is 0 Å². The van der Waals surface area contributed by atoms with Crippen molar-refractivity contribution in [1.82, 2.24) is 10.2 Å². The van der Waals surface area contributed by atoms with Gasteiger partial charge < -0.3 is 15.0 Å². The van der Waals surface area contributed by atoms with Gasteiger partial charge in [-0.05, 0) is 19.3 Å². The second kappa shape index (κ2) is 4.35. The summed E-state index contributed by atoms with van der Waals surface area (Å²) < 4.78 is 17.8. The van der Waals surface area contributed by atoms with Crippen molar-refractivity contribution in [3.8, 4) is 0 Å². The molecule has 2 rings (SSSR count). The Kier molecular flexibility index (Phi) is 3.09. The molecule has 2 aliphatic rings. The Balaban J connectivity index is 1.78. The zero-order valence-electron chi connectivity index (χ0n) is 8.91. The molecule has 15 heavy (non-hydrogen) atoms. The van der Waals surface area contributed by atoms with Crippen LogP contribution in [0.15, 0.2) is 0 Å². The summed E-state index contributed by atoms with van der Waals surface area (Å²) in [5.41, 5.74) is 0. The van der Waals surface area contributed by atoms with Crippen LogP contribution in [0.4, 0.5) is 9.18 Å². The normalized spacial score (nSPS) is 31.5. The number of urea groups is 1. The molecular formula is C10H17FN2O2. The van der Waals surface area contributed by atoms with Crippen LogP contribution < -0.4 is 5.32 Å². The minimum absolute atomic E-state index is 0.0983. The van der Waals surface area contributed by atoms with E-state index in [1.165, 1.54) is 4.90 Å². The van der Waals surface area contributed by atoms with Gasteiger partial charge in [-0.25, -0.2) is 9.18 Å². The van der Waals surface area contributed by atoms with Gasteiger partial charge >= 0.3 is 6.03 Å². The highest BCUT2D eigenvalue weighted by Gasteiger charge is 2.34. The molecule has 0 aromatic rings. The van der Waals surface area contributed by atoms with Crippen molar-refractivity contribution in [1.29, 1.82) is 0 Å². The fourth-order valence-electron chi connectivity index (χ4n) is 2.21. The summed E-state index contributed by atoms with van der Waals surface area (Å²) in [7, 11) is 1.66. The molecule has 1 saturated heterocycles. The first-order valence-electron chi connectivity index (χ1n) is 5.43. The summed E-state index contributed by atoms with van der Waals surface area (Å²) in [6.07, 6.45) is 2.31. The summed E-state index contributed by atoms with van der Waals surface area (Å²) >= 11 is 0. The number of alkyl halides is 1. The number of carbonyl (C=O) groups excluding carboxylic acids is 1. The number of hydrogen-bond donors (Lipinski definition) is 1. The molecule has 1 heterocycles. The van der Waals surface area contributed by atoms with Gasteiger partial charge in [0.1, 0.15) is 6.17 Å². The molecule has 1 N–H and O–H groups in total. The average molecular weight is 216 g/mol. The van der Waals surface area contributed by atoms with Crippen LogP contribution in [-0.4, -0.2) is 49.4 Å². The van der Waals surface area contributed by atoms with Crippen LogP contribution in [-0.2, 0) is 4.74 Å². The fraction of sp³-hybridized carbons (Fsp3) is 0.900. The van der Waals surface area contributed by atoms with Crippen LogP contribution in [0.25, 0.3) is 0 Å². The van der Waals surface area contributed by atoms with Gasteiger partial charge in [-0.3, -0.25) is 0 Å². The van der Waals surface area contributed by atoms with Gasteiger partial charge in [-0.2, -0.15) is 0 Å².